The van der Waals surface area contributed by atoms with Crippen molar-refractivity contribution in [2.75, 3.05) is 0 Å². The van der Waals surface area contributed by atoms with Crippen molar-refractivity contribution in [2.45, 2.75) is 11.8 Å². The van der Waals surface area contributed by atoms with Gasteiger partial charge in [-0.1, -0.05) is 48.0 Å². The van der Waals surface area contributed by atoms with Crippen molar-refractivity contribution >= 4 is 16.2 Å². The summed E-state index contributed by atoms with van der Waals surface area (Å²) in [5.74, 6) is 0. The molecule has 0 aromatic heterocycles. The topological polar surface area (TPSA) is 58.5 Å². The Labute approximate surface area is 142 Å². The summed E-state index contributed by atoms with van der Waals surface area (Å²) in [6, 6.07) is 15.9. The maximum Gasteiger partial charge on any atom is 1.00 e. The van der Waals surface area contributed by atoms with E-state index in [4.69, 9.17) is 0 Å². The molecule has 2 rings (SSSR count). The third-order valence-electron chi connectivity index (χ3n) is 2.52. The molecule has 0 heterocycles. The zero-order valence-corrected chi connectivity index (χ0v) is 14.3. The van der Waals surface area contributed by atoms with Crippen LogP contribution >= 0.6 is 0 Å². The van der Waals surface area contributed by atoms with Gasteiger partial charge >= 0.3 is 29.6 Å². The third kappa shape index (κ3) is 4.76. The van der Waals surface area contributed by atoms with Crippen LogP contribution in [0.1, 0.15) is 12.6 Å². The Morgan fingerprint density at radius 1 is 1.05 bits per heavy atom. The molecule has 0 saturated carbocycles. The van der Waals surface area contributed by atoms with Gasteiger partial charge in [-0.25, -0.2) is 4.83 Å². The van der Waals surface area contributed by atoms with Gasteiger partial charge in [0.25, 0.3) is 10.0 Å². The molecule has 0 amide bonds. The number of nitrogens with zero attached hydrogens (tertiary/aromatic N) is 1. The number of hydrogen-bond donors (Lipinski definition) is 1. The zero-order valence-electron chi connectivity index (χ0n) is 12.4. The summed E-state index contributed by atoms with van der Waals surface area (Å²) in [5, 5.41) is 3.75. The van der Waals surface area contributed by atoms with Crippen molar-refractivity contribution in [3.63, 3.8) is 0 Å². The maximum atomic E-state index is 11.9. The van der Waals surface area contributed by atoms with E-state index >= 15 is 0 Å². The summed E-state index contributed by atoms with van der Waals surface area (Å²) in [6.07, 6.45) is 1.46. The smallest absolute Gasteiger partial charge is 1.00 e. The molecule has 0 spiro atoms. The van der Waals surface area contributed by atoms with Crippen molar-refractivity contribution in [3.8, 4) is 0 Å². The van der Waals surface area contributed by atoms with Crippen molar-refractivity contribution in [3.05, 3.63) is 65.7 Å². The number of hydrogen-bond acceptors (Lipinski definition) is 3. The first-order valence-electron chi connectivity index (χ1n) is 5.74. The molecule has 100 valence electrons. The summed E-state index contributed by atoms with van der Waals surface area (Å²) < 4.78 is 23.8. The van der Waals surface area contributed by atoms with Crippen LogP contribution < -0.4 is 34.4 Å². The molecule has 20 heavy (non-hydrogen) atoms. The van der Waals surface area contributed by atoms with Gasteiger partial charge in [-0.15, -0.1) is 0 Å². The summed E-state index contributed by atoms with van der Waals surface area (Å²) in [5.41, 5.74) is 1.83. The van der Waals surface area contributed by atoms with E-state index in [-0.39, 0.29) is 35.9 Å². The summed E-state index contributed by atoms with van der Waals surface area (Å²) in [6.45, 7) is 1.90. The van der Waals surface area contributed by atoms with Crippen LogP contribution in [-0.2, 0) is 10.0 Å². The number of rotatable bonds is 4. The minimum absolute atomic E-state index is 0. The average molecular weight is 298 g/mol. The molecule has 0 aliphatic rings. The zero-order chi connectivity index (χ0) is 13.7. The van der Waals surface area contributed by atoms with Crippen LogP contribution in [0.15, 0.2) is 64.6 Å². The van der Waals surface area contributed by atoms with Crippen LogP contribution in [0, 0.1) is 6.92 Å². The third-order valence-corrected chi connectivity index (χ3v) is 3.76. The molecule has 4 nitrogen and oxygen atoms in total. The quantitative estimate of drug-likeness (QED) is 0.467. The molecule has 0 aliphatic heterocycles. The molecule has 0 unspecified atom stereocenters. The van der Waals surface area contributed by atoms with Crippen LogP contribution in [0.3, 0.4) is 0 Å². The first-order valence-corrected chi connectivity index (χ1v) is 7.23. The Hall–Kier alpha value is -1.14. The largest absolute Gasteiger partial charge is 1.00 e. The Morgan fingerprint density at radius 3 is 2.25 bits per heavy atom. The minimum atomic E-state index is -3.60. The average Bonchev–Trinajstić information content (AvgIpc) is 2.40. The van der Waals surface area contributed by atoms with E-state index in [2.05, 4.69) is 9.93 Å². The van der Waals surface area contributed by atoms with Crippen molar-refractivity contribution in [1.29, 1.82) is 0 Å². The number of nitrogens with one attached hydrogen (secondary N) is 1. The van der Waals surface area contributed by atoms with Gasteiger partial charge in [0, 0.05) is 0 Å². The molecule has 0 saturated heterocycles. The number of hydrazone groups is 1. The van der Waals surface area contributed by atoms with Crippen molar-refractivity contribution in [2.24, 2.45) is 5.10 Å². The first kappa shape index (κ1) is 16.9. The van der Waals surface area contributed by atoms with E-state index in [1.54, 1.807) is 24.3 Å². The van der Waals surface area contributed by atoms with Crippen molar-refractivity contribution in [1.82, 2.24) is 4.83 Å². The second-order valence-electron chi connectivity index (χ2n) is 4.08. The maximum absolute atomic E-state index is 11.9. The van der Waals surface area contributed by atoms with Gasteiger partial charge in [-0.3, -0.25) is 0 Å². The fourth-order valence-corrected chi connectivity index (χ4v) is 2.27. The fraction of sp³-hybridized carbons (Fsp3) is 0.0714. The van der Waals surface area contributed by atoms with Crippen LogP contribution in [-0.4, -0.2) is 14.6 Å². The monoisotopic (exact) mass is 298 g/mol. The van der Waals surface area contributed by atoms with Crippen molar-refractivity contribution < 1.29 is 39.4 Å². The van der Waals surface area contributed by atoms with Gasteiger partial charge in [-0.05, 0) is 24.6 Å². The standard InChI is InChI=1S/C14H14N2O2S.Na.H/c1-12-7-9-14(10-8-12)19(17,18)16-15-11-13-5-3-2-4-6-13;;/h2-11,16H,1H3;;/q;+1;-1. The predicted octanol–water partition coefficient (Wildman–Crippen LogP) is -0.576. The minimum Gasteiger partial charge on any atom is -1.00 e. The summed E-state index contributed by atoms with van der Waals surface area (Å²) in [4.78, 5) is 2.38. The predicted molar refractivity (Wildman–Crippen MR) is 76.6 cm³/mol. The molecule has 6 heteroatoms. The number of sulfonamides is 1. The van der Waals surface area contributed by atoms with Crippen LogP contribution in [0.2, 0.25) is 0 Å². The van der Waals surface area contributed by atoms with Gasteiger partial charge in [-0.2, -0.15) is 13.5 Å². The van der Waals surface area contributed by atoms with E-state index in [0.717, 1.165) is 11.1 Å². The second-order valence-corrected chi connectivity index (χ2v) is 5.74. The number of aryl methyl sites for hydroxylation is 1. The fourth-order valence-electron chi connectivity index (χ4n) is 1.48. The molecule has 0 atom stereocenters. The molecule has 0 aliphatic carbocycles. The normalized spacial score (nSPS) is 11.1. The molecular weight excluding hydrogens is 283 g/mol. The molecule has 0 bridgehead atoms. The summed E-state index contributed by atoms with van der Waals surface area (Å²) in [7, 11) is -3.60. The Morgan fingerprint density at radius 2 is 1.65 bits per heavy atom. The molecular formula is C14H15N2NaO2S. The van der Waals surface area contributed by atoms with Gasteiger partial charge in [0.15, 0.2) is 0 Å². The van der Waals surface area contributed by atoms with Gasteiger partial charge in [0.05, 0.1) is 11.1 Å². The Balaban J connectivity index is 0.00000200. The molecule has 0 fully saturated rings. The van der Waals surface area contributed by atoms with Gasteiger partial charge < -0.3 is 1.43 Å². The van der Waals surface area contributed by atoms with Crippen LogP contribution in [0.25, 0.3) is 0 Å². The molecule has 2 aromatic rings. The van der Waals surface area contributed by atoms with Gasteiger partial charge in [0.1, 0.15) is 0 Å². The van der Waals surface area contributed by atoms with E-state index in [1.807, 2.05) is 37.3 Å². The van der Waals surface area contributed by atoms with E-state index < -0.39 is 10.0 Å². The molecule has 0 radical (unpaired) electrons. The Bertz CT molecular complexity index is 674. The van der Waals surface area contributed by atoms with E-state index in [9.17, 15) is 8.42 Å². The SMILES string of the molecule is Cc1ccc(S(=O)(=O)NN=Cc2ccccc2)cc1.[H-].[Na+]. The van der Waals surface area contributed by atoms with E-state index in [0.29, 0.717) is 0 Å². The van der Waals surface area contributed by atoms with Crippen LogP contribution in [0.5, 0.6) is 0 Å². The number of benzene rings is 2. The second kappa shape index (κ2) is 7.59. The molecule has 1 N–H and O–H groups in total. The van der Waals surface area contributed by atoms with E-state index in [1.165, 1.54) is 6.21 Å². The van der Waals surface area contributed by atoms with Gasteiger partial charge in [0.2, 0.25) is 0 Å². The first-order chi connectivity index (χ1) is 9.08. The summed E-state index contributed by atoms with van der Waals surface area (Å²) >= 11 is 0. The Kier molecular flexibility index (Phi) is 6.42. The van der Waals surface area contributed by atoms with Crippen LogP contribution in [0.4, 0.5) is 0 Å². The molecule has 2 aromatic carbocycles.